The molecule has 0 unspecified atom stereocenters. The fourth-order valence-electron chi connectivity index (χ4n) is 3.14. The molecule has 6 heteroatoms. The number of nitrogens with zero attached hydrogens (tertiary/aromatic N) is 3. The molecule has 0 saturated carbocycles. The van der Waals surface area contributed by atoms with Crippen LogP contribution in [0.15, 0.2) is 48.0 Å². The van der Waals surface area contributed by atoms with E-state index in [0.29, 0.717) is 13.2 Å². The molecule has 0 aliphatic rings. The molecule has 5 nitrogen and oxygen atoms in total. The second-order valence-electron chi connectivity index (χ2n) is 6.17. The van der Waals surface area contributed by atoms with Crippen LogP contribution in [0.2, 0.25) is 0 Å². The lowest BCUT2D eigenvalue weighted by Gasteiger charge is -2.07. The van der Waals surface area contributed by atoms with Gasteiger partial charge in [-0.25, -0.2) is 9.50 Å². The summed E-state index contributed by atoms with van der Waals surface area (Å²) in [6, 6.07) is 12.2. The zero-order valence-electron chi connectivity index (χ0n) is 15.6. The minimum absolute atomic E-state index is 0.440. The standard InChI is InChI=1S/C21H21N3O2S/c1-4-26-12-17-18(21-22-14(2)10-11-24(21)23-17)20-19(25-3)16(13-27-20)15-8-6-5-7-9-15/h5-11,13H,4,12H2,1-3H3. The van der Waals surface area contributed by atoms with Crippen molar-refractivity contribution in [3.8, 4) is 27.3 Å². The molecule has 0 radical (unpaired) electrons. The molecule has 3 heterocycles. The van der Waals surface area contributed by atoms with Crippen molar-refractivity contribution in [1.82, 2.24) is 14.6 Å². The number of ether oxygens (including phenoxy) is 2. The van der Waals surface area contributed by atoms with E-state index in [1.807, 2.05) is 48.8 Å². The van der Waals surface area contributed by atoms with Gasteiger partial charge in [-0.05, 0) is 25.5 Å². The summed E-state index contributed by atoms with van der Waals surface area (Å²) in [6.45, 7) is 5.05. The molecule has 138 valence electrons. The predicted octanol–water partition coefficient (Wildman–Crippen LogP) is 4.98. The van der Waals surface area contributed by atoms with Crippen molar-refractivity contribution in [3.05, 3.63) is 59.4 Å². The first kappa shape index (κ1) is 17.7. The Bertz CT molecular complexity index is 1070. The van der Waals surface area contributed by atoms with Gasteiger partial charge in [0, 0.05) is 29.4 Å². The number of aryl methyl sites for hydroxylation is 1. The van der Waals surface area contributed by atoms with Crippen molar-refractivity contribution in [2.24, 2.45) is 0 Å². The lowest BCUT2D eigenvalue weighted by Crippen LogP contribution is -1.95. The highest BCUT2D eigenvalue weighted by Gasteiger charge is 2.23. The van der Waals surface area contributed by atoms with Crippen LogP contribution >= 0.6 is 11.3 Å². The van der Waals surface area contributed by atoms with Crippen LogP contribution in [0.3, 0.4) is 0 Å². The van der Waals surface area contributed by atoms with Crippen LogP contribution in [0, 0.1) is 6.92 Å². The SMILES string of the molecule is CCOCc1nn2ccc(C)nc2c1-c1scc(-c2ccccc2)c1OC. The molecule has 0 atom stereocenters. The van der Waals surface area contributed by atoms with Gasteiger partial charge in [0.1, 0.15) is 5.75 Å². The smallest absolute Gasteiger partial charge is 0.164 e. The van der Waals surface area contributed by atoms with Gasteiger partial charge in [-0.3, -0.25) is 0 Å². The quantitative estimate of drug-likeness (QED) is 0.474. The molecule has 1 aromatic carbocycles. The van der Waals surface area contributed by atoms with Crippen molar-refractivity contribution < 1.29 is 9.47 Å². The summed E-state index contributed by atoms with van der Waals surface area (Å²) < 4.78 is 13.3. The molecule has 0 spiro atoms. The third-order valence-corrected chi connectivity index (χ3v) is 5.38. The monoisotopic (exact) mass is 379 g/mol. The van der Waals surface area contributed by atoms with Crippen molar-refractivity contribution in [2.75, 3.05) is 13.7 Å². The zero-order valence-corrected chi connectivity index (χ0v) is 16.4. The Hall–Kier alpha value is -2.70. The summed E-state index contributed by atoms with van der Waals surface area (Å²) in [5, 5.41) is 6.84. The highest BCUT2D eigenvalue weighted by atomic mass is 32.1. The van der Waals surface area contributed by atoms with Gasteiger partial charge in [0.05, 0.1) is 29.9 Å². The number of hydrogen-bond donors (Lipinski definition) is 0. The fraction of sp³-hybridized carbons (Fsp3) is 0.238. The number of methoxy groups -OCH3 is 1. The van der Waals surface area contributed by atoms with Gasteiger partial charge in [-0.1, -0.05) is 30.3 Å². The van der Waals surface area contributed by atoms with Gasteiger partial charge < -0.3 is 9.47 Å². The summed E-state index contributed by atoms with van der Waals surface area (Å²) in [7, 11) is 1.71. The zero-order chi connectivity index (χ0) is 18.8. The second kappa shape index (κ2) is 7.50. The molecule has 0 amide bonds. The van der Waals surface area contributed by atoms with E-state index in [2.05, 4.69) is 17.5 Å². The van der Waals surface area contributed by atoms with Gasteiger partial charge in [-0.2, -0.15) is 5.10 Å². The van der Waals surface area contributed by atoms with Crippen LogP contribution in [0.4, 0.5) is 0 Å². The third-order valence-electron chi connectivity index (χ3n) is 4.40. The average molecular weight is 379 g/mol. The largest absolute Gasteiger partial charge is 0.495 e. The topological polar surface area (TPSA) is 48.7 Å². The number of hydrogen-bond acceptors (Lipinski definition) is 5. The van der Waals surface area contributed by atoms with Crippen LogP contribution < -0.4 is 4.74 Å². The molecule has 0 N–H and O–H groups in total. The first-order valence-corrected chi connectivity index (χ1v) is 9.74. The highest BCUT2D eigenvalue weighted by molar-refractivity contribution is 7.14. The maximum Gasteiger partial charge on any atom is 0.164 e. The van der Waals surface area contributed by atoms with E-state index in [1.165, 1.54) is 0 Å². The fourth-order valence-corrected chi connectivity index (χ4v) is 4.24. The van der Waals surface area contributed by atoms with Gasteiger partial charge in [-0.15, -0.1) is 11.3 Å². The summed E-state index contributed by atoms with van der Waals surface area (Å²) in [5.74, 6) is 0.849. The number of rotatable bonds is 6. The first-order chi connectivity index (χ1) is 13.2. The number of aromatic nitrogens is 3. The van der Waals surface area contributed by atoms with Crippen LogP contribution in [-0.4, -0.2) is 28.3 Å². The summed E-state index contributed by atoms with van der Waals surface area (Å²) in [5.41, 5.74) is 5.83. The molecule has 4 aromatic rings. The molecule has 4 rings (SSSR count). The molecule has 27 heavy (non-hydrogen) atoms. The van der Waals surface area contributed by atoms with Gasteiger partial charge >= 0.3 is 0 Å². The number of benzene rings is 1. The number of thiophene rings is 1. The Morgan fingerprint density at radius 3 is 2.70 bits per heavy atom. The van der Waals surface area contributed by atoms with Crippen LogP contribution in [-0.2, 0) is 11.3 Å². The molecule has 0 aliphatic heterocycles. The second-order valence-corrected chi connectivity index (χ2v) is 7.05. The van der Waals surface area contributed by atoms with Gasteiger partial charge in [0.2, 0.25) is 0 Å². The Morgan fingerprint density at radius 1 is 1.15 bits per heavy atom. The minimum atomic E-state index is 0.440. The van der Waals surface area contributed by atoms with Crippen molar-refractivity contribution in [1.29, 1.82) is 0 Å². The van der Waals surface area contributed by atoms with Gasteiger partial charge in [0.25, 0.3) is 0 Å². The molecule has 0 fully saturated rings. The van der Waals surface area contributed by atoms with Crippen molar-refractivity contribution in [3.63, 3.8) is 0 Å². The van der Waals surface area contributed by atoms with E-state index in [4.69, 9.17) is 19.6 Å². The maximum absolute atomic E-state index is 5.84. The van der Waals surface area contributed by atoms with Crippen LogP contribution in [0.1, 0.15) is 18.3 Å². The summed E-state index contributed by atoms with van der Waals surface area (Å²) in [4.78, 5) is 5.76. The molecule has 0 aliphatic carbocycles. The summed E-state index contributed by atoms with van der Waals surface area (Å²) in [6.07, 6.45) is 1.94. The van der Waals surface area contributed by atoms with E-state index >= 15 is 0 Å². The number of fused-ring (bicyclic) bond motifs is 1. The molecule has 0 bridgehead atoms. The summed E-state index contributed by atoms with van der Waals surface area (Å²) >= 11 is 1.65. The Morgan fingerprint density at radius 2 is 1.96 bits per heavy atom. The van der Waals surface area contributed by atoms with Crippen molar-refractivity contribution in [2.45, 2.75) is 20.5 Å². The first-order valence-electron chi connectivity index (χ1n) is 8.86. The Labute approximate surface area is 162 Å². The highest BCUT2D eigenvalue weighted by Crippen LogP contribution is 2.46. The molecular formula is C21H21N3O2S. The Balaban J connectivity index is 1.94. The van der Waals surface area contributed by atoms with E-state index in [0.717, 1.165) is 44.4 Å². The average Bonchev–Trinajstić information content (AvgIpc) is 3.27. The van der Waals surface area contributed by atoms with E-state index < -0.39 is 0 Å². The Kier molecular flexibility index (Phi) is 4.92. The van der Waals surface area contributed by atoms with Crippen molar-refractivity contribution >= 4 is 17.0 Å². The van der Waals surface area contributed by atoms with Crippen LogP contribution in [0.5, 0.6) is 5.75 Å². The molecule has 0 saturated heterocycles. The molecular weight excluding hydrogens is 358 g/mol. The van der Waals surface area contributed by atoms with E-state index in [1.54, 1.807) is 18.4 Å². The molecule has 3 aromatic heterocycles. The maximum atomic E-state index is 5.84. The van der Waals surface area contributed by atoms with E-state index in [9.17, 15) is 0 Å². The minimum Gasteiger partial charge on any atom is -0.495 e. The normalized spacial score (nSPS) is 11.2. The van der Waals surface area contributed by atoms with E-state index in [-0.39, 0.29) is 0 Å². The lowest BCUT2D eigenvalue weighted by atomic mass is 10.1. The lowest BCUT2D eigenvalue weighted by molar-refractivity contribution is 0.131. The third kappa shape index (κ3) is 3.22. The predicted molar refractivity (Wildman–Crippen MR) is 108 cm³/mol. The van der Waals surface area contributed by atoms with Crippen LogP contribution in [0.25, 0.3) is 27.2 Å². The van der Waals surface area contributed by atoms with Gasteiger partial charge in [0.15, 0.2) is 5.65 Å².